The molecule has 1 unspecified atom stereocenters. The van der Waals surface area contributed by atoms with Crippen molar-refractivity contribution in [2.75, 3.05) is 0 Å². The fraction of sp³-hybridized carbons (Fsp3) is 0.455. The maximum Gasteiger partial charge on any atom is 0.120 e. The number of aromatic amines is 1. The van der Waals surface area contributed by atoms with Crippen molar-refractivity contribution in [2.24, 2.45) is 0 Å². The van der Waals surface area contributed by atoms with Crippen molar-refractivity contribution in [1.29, 1.82) is 0 Å². The molecular weight excluding hydrogens is 220 g/mol. The quantitative estimate of drug-likeness (QED) is 0.856. The van der Waals surface area contributed by atoms with Gasteiger partial charge in [-0.25, -0.2) is 9.97 Å². The van der Waals surface area contributed by atoms with Crippen LogP contribution in [0.2, 0.25) is 0 Å². The van der Waals surface area contributed by atoms with Crippen LogP contribution in [0.15, 0.2) is 12.4 Å². The Morgan fingerprint density at radius 1 is 1.50 bits per heavy atom. The third-order valence-electron chi connectivity index (χ3n) is 2.48. The summed E-state index contributed by atoms with van der Waals surface area (Å²) in [4.78, 5) is 13.1. The van der Waals surface area contributed by atoms with E-state index in [1.54, 1.807) is 17.5 Å². The van der Waals surface area contributed by atoms with E-state index >= 15 is 0 Å². The second kappa shape index (κ2) is 4.76. The zero-order valence-electron chi connectivity index (χ0n) is 9.74. The van der Waals surface area contributed by atoms with Crippen molar-refractivity contribution in [3.8, 4) is 0 Å². The van der Waals surface area contributed by atoms with Gasteiger partial charge in [0.2, 0.25) is 0 Å². The summed E-state index contributed by atoms with van der Waals surface area (Å²) in [5.74, 6) is 0.955. The smallest absolute Gasteiger partial charge is 0.120 e. The summed E-state index contributed by atoms with van der Waals surface area (Å²) in [6, 6.07) is 0.259. The molecular formula is C11H16N4S. The number of aromatic nitrogens is 3. The number of thiazole rings is 1. The number of H-pyrrole nitrogens is 1. The van der Waals surface area contributed by atoms with Gasteiger partial charge < -0.3 is 10.3 Å². The van der Waals surface area contributed by atoms with Crippen LogP contribution in [0.3, 0.4) is 0 Å². The average molecular weight is 236 g/mol. The van der Waals surface area contributed by atoms with Gasteiger partial charge in [0.15, 0.2) is 0 Å². The molecule has 0 saturated carbocycles. The Bertz CT molecular complexity index is 447. The minimum atomic E-state index is 0.259. The van der Waals surface area contributed by atoms with Crippen LogP contribution < -0.4 is 5.32 Å². The lowest BCUT2D eigenvalue weighted by atomic mass is 10.2. The first-order chi connectivity index (χ1) is 7.66. The summed E-state index contributed by atoms with van der Waals surface area (Å²) in [6.45, 7) is 7.03. The highest BCUT2D eigenvalue weighted by molar-refractivity contribution is 7.11. The molecule has 2 aromatic rings. The highest BCUT2D eigenvalue weighted by Crippen LogP contribution is 2.22. The molecule has 16 heavy (non-hydrogen) atoms. The van der Waals surface area contributed by atoms with Crippen molar-refractivity contribution in [3.05, 3.63) is 33.8 Å². The predicted molar refractivity (Wildman–Crippen MR) is 65.4 cm³/mol. The summed E-state index contributed by atoms with van der Waals surface area (Å²) < 4.78 is 0. The van der Waals surface area contributed by atoms with Gasteiger partial charge in [0, 0.05) is 23.3 Å². The van der Waals surface area contributed by atoms with Gasteiger partial charge in [0.1, 0.15) is 5.82 Å². The van der Waals surface area contributed by atoms with Crippen molar-refractivity contribution in [2.45, 2.75) is 33.4 Å². The Morgan fingerprint density at radius 2 is 2.31 bits per heavy atom. The average Bonchev–Trinajstić information content (AvgIpc) is 2.84. The highest BCUT2D eigenvalue weighted by Gasteiger charge is 2.12. The van der Waals surface area contributed by atoms with E-state index in [2.05, 4.69) is 34.1 Å². The topological polar surface area (TPSA) is 53.6 Å². The van der Waals surface area contributed by atoms with Crippen LogP contribution in [0, 0.1) is 13.8 Å². The summed E-state index contributed by atoms with van der Waals surface area (Å²) in [7, 11) is 0. The van der Waals surface area contributed by atoms with Crippen LogP contribution in [0.25, 0.3) is 0 Å². The standard InChI is InChI=1S/C11H16N4S/c1-7(11-8(2)16-9(3)15-11)14-6-10-12-4-5-13-10/h4-5,7,14H,6H2,1-3H3,(H,12,13). The summed E-state index contributed by atoms with van der Waals surface area (Å²) in [6.07, 6.45) is 3.60. The van der Waals surface area contributed by atoms with Gasteiger partial charge in [-0.2, -0.15) is 0 Å². The normalized spacial score (nSPS) is 12.9. The van der Waals surface area contributed by atoms with Gasteiger partial charge >= 0.3 is 0 Å². The minimum absolute atomic E-state index is 0.259. The molecule has 0 bridgehead atoms. The monoisotopic (exact) mass is 236 g/mol. The van der Waals surface area contributed by atoms with Crippen molar-refractivity contribution in [1.82, 2.24) is 20.3 Å². The lowest BCUT2D eigenvalue weighted by Gasteiger charge is -2.11. The zero-order chi connectivity index (χ0) is 11.5. The van der Waals surface area contributed by atoms with Crippen molar-refractivity contribution in [3.63, 3.8) is 0 Å². The molecule has 0 saturated heterocycles. The molecule has 1 atom stereocenters. The number of hydrogen-bond acceptors (Lipinski definition) is 4. The minimum Gasteiger partial charge on any atom is -0.348 e. The van der Waals surface area contributed by atoms with Crippen molar-refractivity contribution >= 4 is 11.3 Å². The van der Waals surface area contributed by atoms with Gasteiger partial charge in [-0.15, -0.1) is 11.3 Å². The fourth-order valence-corrected chi connectivity index (χ4v) is 2.60. The lowest BCUT2D eigenvalue weighted by Crippen LogP contribution is -2.19. The van der Waals surface area contributed by atoms with Crippen LogP contribution in [-0.2, 0) is 6.54 Å². The van der Waals surface area contributed by atoms with E-state index < -0.39 is 0 Å². The molecule has 2 heterocycles. The van der Waals surface area contributed by atoms with E-state index in [0.29, 0.717) is 0 Å². The van der Waals surface area contributed by atoms with Crippen molar-refractivity contribution < 1.29 is 0 Å². The van der Waals surface area contributed by atoms with E-state index in [9.17, 15) is 0 Å². The lowest BCUT2D eigenvalue weighted by molar-refractivity contribution is 0.549. The number of hydrogen-bond donors (Lipinski definition) is 2. The largest absolute Gasteiger partial charge is 0.348 e. The van der Waals surface area contributed by atoms with Crippen LogP contribution in [0.1, 0.15) is 34.4 Å². The Balaban J connectivity index is 1.98. The molecule has 4 nitrogen and oxygen atoms in total. The maximum atomic E-state index is 4.54. The predicted octanol–water partition coefficient (Wildman–Crippen LogP) is 2.33. The number of rotatable bonds is 4. The molecule has 5 heteroatoms. The van der Waals surface area contributed by atoms with Crippen LogP contribution in [-0.4, -0.2) is 15.0 Å². The summed E-state index contributed by atoms with van der Waals surface area (Å²) in [5.41, 5.74) is 1.15. The second-order valence-corrected chi connectivity index (χ2v) is 5.22. The molecule has 0 radical (unpaired) electrons. The van der Waals surface area contributed by atoms with E-state index in [0.717, 1.165) is 23.1 Å². The Kier molecular flexibility index (Phi) is 3.36. The molecule has 0 aliphatic rings. The molecule has 0 aromatic carbocycles. The molecule has 0 aliphatic heterocycles. The van der Waals surface area contributed by atoms with Gasteiger partial charge in [0.25, 0.3) is 0 Å². The summed E-state index contributed by atoms with van der Waals surface area (Å²) in [5, 5.41) is 4.53. The summed E-state index contributed by atoms with van der Waals surface area (Å²) >= 11 is 1.75. The first kappa shape index (κ1) is 11.3. The first-order valence-corrected chi connectivity index (χ1v) is 6.14. The Morgan fingerprint density at radius 3 is 2.88 bits per heavy atom. The van der Waals surface area contributed by atoms with Crippen LogP contribution >= 0.6 is 11.3 Å². The highest BCUT2D eigenvalue weighted by atomic mass is 32.1. The third-order valence-corrected chi connectivity index (χ3v) is 3.38. The molecule has 2 rings (SSSR count). The van der Waals surface area contributed by atoms with Crippen LogP contribution in [0.4, 0.5) is 0 Å². The number of nitrogens with one attached hydrogen (secondary N) is 2. The fourth-order valence-electron chi connectivity index (χ4n) is 1.69. The third kappa shape index (κ3) is 2.48. The maximum absolute atomic E-state index is 4.54. The van der Waals surface area contributed by atoms with Gasteiger partial charge in [-0.1, -0.05) is 0 Å². The van der Waals surface area contributed by atoms with Gasteiger partial charge in [0.05, 0.1) is 17.2 Å². The SMILES string of the molecule is Cc1nc(C(C)NCc2ncc[nH]2)c(C)s1. The Labute approximate surface area is 99.2 Å². The first-order valence-electron chi connectivity index (χ1n) is 5.32. The molecule has 2 aromatic heterocycles. The number of nitrogens with zero attached hydrogens (tertiary/aromatic N) is 2. The zero-order valence-corrected chi connectivity index (χ0v) is 10.6. The van der Waals surface area contributed by atoms with E-state index in [1.807, 2.05) is 13.1 Å². The second-order valence-electron chi connectivity index (χ2n) is 3.81. The van der Waals surface area contributed by atoms with Gasteiger partial charge in [-0.05, 0) is 20.8 Å². The molecule has 86 valence electrons. The van der Waals surface area contributed by atoms with Crippen LogP contribution in [0.5, 0.6) is 0 Å². The molecule has 0 amide bonds. The molecule has 0 fully saturated rings. The van der Waals surface area contributed by atoms with Gasteiger partial charge in [-0.3, -0.25) is 0 Å². The molecule has 2 N–H and O–H groups in total. The van der Waals surface area contributed by atoms with E-state index in [1.165, 1.54) is 4.88 Å². The van der Waals surface area contributed by atoms with E-state index in [4.69, 9.17) is 0 Å². The Hall–Kier alpha value is -1.20. The number of imidazole rings is 1. The number of aryl methyl sites for hydroxylation is 2. The van der Waals surface area contributed by atoms with E-state index in [-0.39, 0.29) is 6.04 Å². The molecule has 0 aliphatic carbocycles. The molecule has 0 spiro atoms.